The van der Waals surface area contributed by atoms with Gasteiger partial charge in [0.1, 0.15) is 0 Å². The van der Waals surface area contributed by atoms with Crippen LogP contribution >= 0.6 is 0 Å². The number of likely N-dealkylation sites (tertiary alicyclic amines) is 1. The number of aliphatic hydroxyl groups is 1. The van der Waals surface area contributed by atoms with Gasteiger partial charge in [-0.3, -0.25) is 0 Å². The quantitative estimate of drug-likeness (QED) is 0.715. The van der Waals surface area contributed by atoms with Crippen molar-refractivity contribution in [3.05, 3.63) is 0 Å². The summed E-state index contributed by atoms with van der Waals surface area (Å²) in [6.45, 7) is 9.69. The van der Waals surface area contributed by atoms with E-state index in [4.69, 9.17) is 0 Å². The molecular weight excluding hydrogens is 188 g/mol. The van der Waals surface area contributed by atoms with Gasteiger partial charge in [0.15, 0.2) is 0 Å². The second-order valence-electron chi connectivity index (χ2n) is 5.12. The monoisotopic (exact) mass is 214 g/mol. The molecule has 1 N–H and O–H groups in total. The fourth-order valence-corrected chi connectivity index (χ4v) is 1.94. The Morgan fingerprint density at radius 1 is 1.27 bits per heavy atom. The molecule has 15 heavy (non-hydrogen) atoms. The van der Waals surface area contributed by atoms with E-state index in [1.54, 1.807) is 0 Å². The van der Waals surface area contributed by atoms with Gasteiger partial charge in [-0.1, -0.05) is 13.8 Å². The molecule has 0 bridgehead atoms. The molecule has 0 radical (unpaired) electrons. The van der Waals surface area contributed by atoms with Crippen molar-refractivity contribution in [1.29, 1.82) is 0 Å². The molecule has 0 amide bonds. The van der Waals surface area contributed by atoms with Gasteiger partial charge in [0.2, 0.25) is 0 Å². The van der Waals surface area contributed by atoms with E-state index in [1.165, 1.54) is 25.9 Å². The zero-order valence-corrected chi connectivity index (χ0v) is 10.4. The number of rotatable bonds is 6. The molecule has 0 aromatic carbocycles. The molecule has 1 heterocycles. The van der Waals surface area contributed by atoms with E-state index in [2.05, 4.69) is 30.7 Å². The van der Waals surface area contributed by atoms with E-state index < -0.39 is 0 Å². The summed E-state index contributed by atoms with van der Waals surface area (Å²) in [6, 6.07) is 0. The number of hydrogen-bond acceptors (Lipinski definition) is 3. The Morgan fingerprint density at radius 2 is 1.87 bits per heavy atom. The van der Waals surface area contributed by atoms with Crippen molar-refractivity contribution >= 4 is 0 Å². The lowest BCUT2D eigenvalue weighted by Crippen LogP contribution is -2.37. The smallest absolute Gasteiger partial charge is 0.0689 e. The number of aliphatic hydroxyl groups excluding tert-OH is 1. The largest absolute Gasteiger partial charge is 0.392 e. The fraction of sp³-hybridized carbons (Fsp3) is 1.00. The molecule has 1 aliphatic heterocycles. The van der Waals surface area contributed by atoms with Crippen LogP contribution in [0.5, 0.6) is 0 Å². The van der Waals surface area contributed by atoms with Crippen molar-refractivity contribution in [2.24, 2.45) is 5.92 Å². The minimum Gasteiger partial charge on any atom is -0.392 e. The highest BCUT2D eigenvalue weighted by Crippen LogP contribution is 2.07. The molecule has 0 saturated carbocycles. The van der Waals surface area contributed by atoms with E-state index in [0.29, 0.717) is 5.92 Å². The van der Waals surface area contributed by atoms with Crippen LogP contribution < -0.4 is 0 Å². The highest BCUT2D eigenvalue weighted by atomic mass is 16.3. The van der Waals surface area contributed by atoms with Gasteiger partial charge in [-0.25, -0.2) is 0 Å². The second-order valence-corrected chi connectivity index (χ2v) is 5.12. The first-order chi connectivity index (χ1) is 7.09. The molecule has 1 rings (SSSR count). The van der Waals surface area contributed by atoms with Crippen LogP contribution in [0.25, 0.3) is 0 Å². The molecular formula is C12H26N2O. The molecule has 0 aliphatic carbocycles. The van der Waals surface area contributed by atoms with Crippen molar-refractivity contribution in [3.8, 4) is 0 Å². The minimum atomic E-state index is -0.187. The zero-order chi connectivity index (χ0) is 11.3. The Labute approximate surface area is 94.1 Å². The summed E-state index contributed by atoms with van der Waals surface area (Å²) in [4.78, 5) is 4.75. The maximum absolute atomic E-state index is 9.73. The maximum atomic E-state index is 9.73. The summed E-state index contributed by atoms with van der Waals surface area (Å²) < 4.78 is 0. The molecule has 3 heteroatoms. The lowest BCUT2D eigenvalue weighted by atomic mass is 10.1. The summed E-state index contributed by atoms with van der Waals surface area (Å²) in [5, 5.41) is 9.73. The van der Waals surface area contributed by atoms with Crippen molar-refractivity contribution in [2.75, 3.05) is 39.8 Å². The zero-order valence-electron chi connectivity index (χ0n) is 10.4. The van der Waals surface area contributed by atoms with Crippen LogP contribution in [0.2, 0.25) is 0 Å². The topological polar surface area (TPSA) is 26.7 Å². The maximum Gasteiger partial charge on any atom is 0.0689 e. The van der Waals surface area contributed by atoms with Gasteiger partial charge < -0.3 is 14.9 Å². The third-order valence-corrected chi connectivity index (χ3v) is 3.26. The van der Waals surface area contributed by atoms with Gasteiger partial charge in [-0.15, -0.1) is 0 Å². The van der Waals surface area contributed by atoms with E-state index >= 15 is 0 Å². The predicted octanol–water partition coefficient (Wildman–Crippen LogP) is 1.03. The van der Waals surface area contributed by atoms with E-state index in [1.807, 2.05) is 0 Å². The normalized spacial score (nSPS) is 20.4. The van der Waals surface area contributed by atoms with Gasteiger partial charge in [0.25, 0.3) is 0 Å². The van der Waals surface area contributed by atoms with Gasteiger partial charge in [-0.05, 0) is 38.9 Å². The summed E-state index contributed by atoms with van der Waals surface area (Å²) in [7, 11) is 2.10. The molecule has 0 aromatic rings. The third kappa shape index (κ3) is 4.96. The average Bonchev–Trinajstić information content (AvgIpc) is 2.66. The van der Waals surface area contributed by atoms with E-state index in [-0.39, 0.29) is 6.10 Å². The number of hydrogen-bond donors (Lipinski definition) is 1. The third-order valence-electron chi connectivity index (χ3n) is 3.26. The van der Waals surface area contributed by atoms with Crippen molar-refractivity contribution < 1.29 is 5.11 Å². The van der Waals surface area contributed by atoms with E-state index in [9.17, 15) is 5.11 Å². The lowest BCUT2D eigenvalue weighted by Gasteiger charge is -2.25. The number of nitrogens with zero attached hydrogens (tertiary/aromatic N) is 2. The Hall–Kier alpha value is -0.120. The van der Waals surface area contributed by atoms with Crippen molar-refractivity contribution in [2.45, 2.75) is 32.8 Å². The minimum absolute atomic E-state index is 0.187. The standard InChI is InChI=1S/C12H26N2O/c1-11(2)12(15)10-13(3)8-9-14-6-4-5-7-14/h11-12,15H,4-10H2,1-3H3. The summed E-state index contributed by atoms with van der Waals surface area (Å²) >= 11 is 0. The Balaban J connectivity index is 2.09. The van der Waals surface area contributed by atoms with Crippen molar-refractivity contribution in [1.82, 2.24) is 9.80 Å². The average molecular weight is 214 g/mol. The summed E-state index contributed by atoms with van der Waals surface area (Å²) in [6.07, 6.45) is 2.53. The summed E-state index contributed by atoms with van der Waals surface area (Å²) in [5.41, 5.74) is 0. The molecule has 1 fully saturated rings. The molecule has 90 valence electrons. The Morgan fingerprint density at radius 3 is 2.40 bits per heavy atom. The van der Waals surface area contributed by atoms with Crippen LogP contribution in [0, 0.1) is 5.92 Å². The van der Waals surface area contributed by atoms with Gasteiger partial charge in [0, 0.05) is 19.6 Å². The Kier molecular flexibility index (Phi) is 5.58. The van der Waals surface area contributed by atoms with Gasteiger partial charge in [-0.2, -0.15) is 0 Å². The fourth-order valence-electron chi connectivity index (χ4n) is 1.94. The summed E-state index contributed by atoms with van der Waals surface area (Å²) in [5.74, 6) is 0.360. The first-order valence-corrected chi connectivity index (χ1v) is 6.18. The van der Waals surface area contributed by atoms with Crippen LogP contribution in [-0.4, -0.2) is 60.8 Å². The predicted molar refractivity (Wildman–Crippen MR) is 64.0 cm³/mol. The highest BCUT2D eigenvalue weighted by Gasteiger charge is 2.14. The molecule has 1 unspecified atom stereocenters. The van der Waals surface area contributed by atoms with Gasteiger partial charge in [0.05, 0.1) is 6.10 Å². The van der Waals surface area contributed by atoms with Crippen molar-refractivity contribution in [3.63, 3.8) is 0 Å². The Bertz CT molecular complexity index is 167. The number of likely N-dealkylation sites (N-methyl/N-ethyl adjacent to an activating group) is 1. The lowest BCUT2D eigenvalue weighted by molar-refractivity contribution is 0.0829. The van der Waals surface area contributed by atoms with Crippen LogP contribution in [0.1, 0.15) is 26.7 Å². The van der Waals surface area contributed by atoms with Crippen LogP contribution in [-0.2, 0) is 0 Å². The first kappa shape index (κ1) is 12.9. The molecule has 1 aliphatic rings. The van der Waals surface area contributed by atoms with Crippen LogP contribution in [0.4, 0.5) is 0 Å². The van der Waals surface area contributed by atoms with Gasteiger partial charge >= 0.3 is 0 Å². The molecule has 0 spiro atoms. The SMILES string of the molecule is CC(C)C(O)CN(C)CCN1CCCC1. The molecule has 3 nitrogen and oxygen atoms in total. The molecule has 1 atom stereocenters. The first-order valence-electron chi connectivity index (χ1n) is 6.18. The van der Waals surface area contributed by atoms with Crippen LogP contribution in [0.15, 0.2) is 0 Å². The van der Waals surface area contributed by atoms with Crippen LogP contribution in [0.3, 0.4) is 0 Å². The molecule has 0 aromatic heterocycles. The van der Waals surface area contributed by atoms with E-state index in [0.717, 1.165) is 19.6 Å². The second kappa shape index (κ2) is 6.46. The highest BCUT2D eigenvalue weighted by molar-refractivity contribution is 4.69. The molecule has 1 saturated heterocycles.